The molecule has 0 spiro atoms. The molecule has 1 fully saturated rings. The van der Waals surface area contributed by atoms with Gasteiger partial charge in [-0.1, -0.05) is 41.9 Å². The number of hydrogen-bond acceptors (Lipinski definition) is 4. The number of para-hydroxylation sites is 1. The number of halogens is 1. The SMILES string of the molecule is Cc1nccn1-c1ccccc1CNC(=O)C1CCN(S(=O)(=O)Cc2cccc(Cl)c2)CC1. The van der Waals surface area contributed by atoms with E-state index in [1.54, 1.807) is 30.5 Å². The molecule has 4 rings (SSSR count). The molecule has 1 aromatic heterocycles. The van der Waals surface area contributed by atoms with Crippen molar-refractivity contribution in [2.75, 3.05) is 13.1 Å². The summed E-state index contributed by atoms with van der Waals surface area (Å²) in [6.45, 7) is 3.01. The number of rotatable bonds is 7. The zero-order chi connectivity index (χ0) is 23.4. The summed E-state index contributed by atoms with van der Waals surface area (Å²) in [5.74, 6) is 0.540. The van der Waals surface area contributed by atoms with Gasteiger partial charge < -0.3 is 9.88 Å². The standard InChI is InChI=1S/C24H27ClN4O3S/c1-18-26-11-14-29(18)23-8-3-2-6-21(23)16-27-24(30)20-9-12-28(13-10-20)33(31,32)17-19-5-4-7-22(25)15-19/h2-8,11,14-15,20H,9-10,12-13,16-17H2,1H3,(H,27,30). The van der Waals surface area contributed by atoms with Crippen LogP contribution < -0.4 is 5.32 Å². The van der Waals surface area contributed by atoms with Crippen LogP contribution in [0.2, 0.25) is 5.02 Å². The molecule has 1 aliphatic rings. The molecule has 9 heteroatoms. The van der Waals surface area contributed by atoms with Crippen molar-refractivity contribution in [3.8, 4) is 5.69 Å². The second-order valence-electron chi connectivity index (χ2n) is 8.25. The summed E-state index contributed by atoms with van der Waals surface area (Å²) < 4.78 is 29.1. The second-order valence-corrected chi connectivity index (χ2v) is 10.7. The van der Waals surface area contributed by atoms with Crippen LogP contribution in [0.25, 0.3) is 5.69 Å². The topological polar surface area (TPSA) is 84.3 Å². The summed E-state index contributed by atoms with van der Waals surface area (Å²) >= 11 is 5.98. The van der Waals surface area contributed by atoms with Gasteiger partial charge in [0.15, 0.2) is 0 Å². The summed E-state index contributed by atoms with van der Waals surface area (Å²) in [4.78, 5) is 17.1. The lowest BCUT2D eigenvalue weighted by Crippen LogP contribution is -2.43. The fraction of sp³-hybridized carbons (Fsp3) is 0.333. The van der Waals surface area contributed by atoms with Crippen LogP contribution in [0.3, 0.4) is 0 Å². The smallest absolute Gasteiger partial charge is 0.223 e. The third-order valence-electron chi connectivity index (χ3n) is 5.99. The van der Waals surface area contributed by atoms with E-state index in [2.05, 4.69) is 10.3 Å². The van der Waals surface area contributed by atoms with Gasteiger partial charge in [0.25, 0.3) is 0 Å². The number of nitrogens with one attached hydrogen (secondary N) is 1. The predicted molar refractivity (Wildman–Crippen MR) is 129 cm³/mol. The van der Waals surface area contributed by atoms with Crippen molar-refractivity contribution in [2.45, 2.75) is 32.1 Å². The quantitative estimate of drug-likeness (QED) is 0.552. The van der Waals surface area contributed by atoms with Gasteiger partial charge in [-0.05, 0) is 49.1 Å². The lowest BCUT2D eigenvalue weighted by molar-refractivity contribution is -0.126. The van der Waals surface area contributed by atoms with Crippen LogP contribution in [-0.2, 0) is 27.1 Å². The van der Waals surface area contributed by atoms with E-state index in [1.165, 1.54) is 4.31 Å². The summed E-state index contributed by atoms with van der Waals surface area (Å²) in [5, 5.41) is 3.55. The Morgan fingerprint density at radius 1 is 1.15 bits per heavy atom. The van der Waals surface area contributed by atoms with Gasteiger partial charge in [0, 0.05) is 43.0 Å². The molecule has 33 heavy (non-hydrogen) atoms. The third-order valence-corrected chi connectivity index (χ3v) is 8.07. The maximum absolute atomic E-state index is 12.8. The highest BCUT2D eigenvalue weighted by atomic mass is 35.5. The normalized spacial score (nSPS) is 15.5. The Labute approximate surface area is 199 Å². The zero-order valence-electron chi connectivity index (χ0n) is 18.4. The summed E-state index contributed by atoms with van der Waals surface area (Å²) in [7, 11) is -3.46. The van der Waals surface area contributed by atoms with E-state index in [9.17, 15) is 13.2 Å². The van der Waals surface area contributed by atoms with Gasteiger partial charge in [0.05, 0.1) is 11.4 Å². The van der Waals surface area contributed by atoms with Crippen molar-refractivity contribution in [1.82, 2.24) is 19.2 Å². The van der Waals surface area contributed by atoms with Gasteiger partial charge in [-0.15, -0.1) is 0 Å². The molecule has 0 saturated carbocycles. The number of benzene rings is 2. The van der Waals surface area contributed by atoms with E-state index in [0.29, 0.717) is 43.1 Å². The number of carbonyl (C=O) groups is 1. The van der Waals surface area contributed by atoms with Gasteiger partial charge in [0.1, 0.15) is 5.82 Å². The number of nitrogens with zero attached hydrogens (tertiary/aromatic N) is 3. The number of imidazole rings is 1. The average molecular weight is 487 g/mol. The largest absolute Gasteiger partial charge is 0.352 e. The molecule has 0 radical (unpaired) electrons. The molecule has 7 nitrogen and oxygen atoms in total. The molecule has 3 aromatic rings. The molecular weight excluding hydrogens is 460 g/mol. The van der Waals surface area contributed by atoms with E-state index in [0.717, 1.165) is 17.1 Å². The molecular formula is C24H27ClN4O3S. The van der Waals surface area contributed by atoms with Crippen molar-refractivity contribution in [2.24, 2.45) is 5.92 Å². The van der Waals surface area contributed by atoms with Crippen LogP contribution in [-0.4, -0.2) is 41.3 Å². The minimum absolute atomic E-state index is 0.0426. The van der Waals surface area contributed by atoms with Gasteiger partial charge in [-0.2, -0.15) is 0 Å². The van der Waals surface area contributed by atoms with Crippen LogP contribution >= 0.6 is 11.6 Å². The van der Waals surface area contributed by atoms with Crippen LogP contribution in [0.15, 0.2) is 60.9 Å². The Balaban J connectivity index is 1.33. The monoisotopic (exact) mass is 486 g/mol. The van der Waals surface area contributed by atoms with Gasteiger partial charge in [0.2, 0.25) is 15.9 Å². The highest BCUT2D eigenvalue weighted by Gasteiger charge is 2.31. The number of aryl methyl sites for hydroxylation is 1. The van der Waals surface area contributed by atoms with E-state index in [4.69, 9.17) is 11.6 Å². The molecule has 2 heterocycles. The predicted octanol–water partition coefficient (Wildman–Crippen LogP) is 3.69. The minimum Gasteiger partial charge on any atom is -0.352 e. The van der Waals surface area contributed by atoms with Crippen molar-refractivity contribution < 1.29 is 13.2 Å². The van der Waals surface area contributed by atoms with E-state index in [-0.39, 0.29) is 17.6 Å². The zero-order valence-corrected chi connectivity index (χ0v) is 20.0. The molecule has 1 saturated heterocycles. The molecule has 2 aromatic carbocycles. The van der Waals surface area contributed by atoms with Crippen LogP contribution in [0.4, 0.5) is 0 Å². The van der Waals surface area contributed by atoms with Crippen molar-refractivity contribution >= 4 is 27.5 Å². The number of amides is 1. The fourth-order valence-corrected chi connectivity index (χ4v) is 5.94. The second kappa shape index (κ2) is 10.1. The van der Waals surface area contributed by atoms with E-state index < -0.39 is 10.0 Å². The van der Waals surface area contributed by atoms with Crippen molar-refractivity contribution in [3.63, 3.8) is 0 Å². The molecule has 0 unspecified atom stereocenters. The lowest BCUT2D eigenvalue weighted by Gasteiger charge is -2.30. The number of sulfonamides is 1. The van der Waals surface area contributed by atoms with E-state index >= 15 is 0 Å². The first kappa shape index (κ1) is 23.5. The molecule has 174 valence electrons. The van der Waals surface area contributed by atoms with Crippen molar-refractivity contribution in [3.05, 3.63) is 82.9 Å². The minimum atomic E-state index is -3.46. The maximum Gasteiger partial charge on any atom is 0.223 e. The van der Waals surface area contributed by atoms with Crippen LogP contribution in [0.5, 0.6) is 0 Å². The highest BCUT2D eigenvalue weighted by molar-refractivity contribution is 7.88. The van der Waals surface area contributed by atoms with Crippen molar-refractivity contribution in [1.29, 1.82) is 0 Å². The van der Waals surface area contributed by atoms with Crippen LogP contribution in [0.1, 0.15) is 29.8 Å². The number of aromatic nitrogens is 2. The summed E-state index contributed by atoms with van der Waals surface area (Å²) in [6.07, 6.45) is 4.65. The lowest BCUT2D eigenvalue weighted by atomic mass is 9.97. The number of piperidine rings is 1. The Bertz CT molecular complexity index is 1230. The Morgan fingerprint density at radius 3 is 2.61 bits per heavy atom. The average Bonchev–Trinajstić information content (AvgIpc) is 3.23. The number of hydrogen-bond donors (Lipinski definition) is 1. The van der Waals surface area contributed by atoms with Gasteiger partial charge in [-0.3, -0.25) is 4.79 Å². The number of carbonyl (C=O) groups excluding carboxylic acids is 1. The Kier molecular flexibility index (Phi) is 7.17. The Hall–Kier alpha value is -2.68. The first-order valence-corrected chi connectivity index (χ1v) is 12.9. The first-order chi connectivity index (χ1) is 15.8. The third kappa shape index (κ3) is 5.63. The highest BCUT2D eigenvalue weighted by Crippen LogP contribution is 2.23. The van der Waals surface area contributed by atoms with Gasteiger partial charge >= 0.3 is 0 Å². The van der Waals surface area contributed by atoms with Gasteiger partial charge in [-0.25, -0.2) is 17.7 Å². The molecule has 0 bridgehead atoms. The molecule has 1 N–H and O–H groups in total. The molecule has 1 amide bonds. The summed E-state index contributed by atoms with van der Waals surface area (Å²) in [6, 6.07) is 14.8. The summed E-state index contributed by atoms with van der Waals surface area (Å²) in [5.41, 5.74) is 2.64. The van der Waals surface area contributed by atoms with Crippen LogP contribution in [0, 0.1) is 12.8 Å². The maximum atomic E-state index is 12.8. The fourth-order valence-electron chi connectivity index (χ4n) is 4.18. The Morgan fingerprint density at radius 2 is 1.91 bits per heavy atom. The molecule has 1 aliphatic heterocycles. The molecule has 0 atom stereocenters. The first-order valence-electron chi connectivity index (χ1n) is 10.9. The van der Waals surface area contributed by atoms with E-state index in [1.807, 2.05) is 42.0 Å². The molecule has 0 aliphatic carbocycles.